The van der Waals surface area contributed by atoms with Crippen LogP contribution < -0.4 is 10.1 Å². The van der Waals surface area contributed by atoms with Gasteiger partial charge in [-0.2, -0.15) is 0 Å². The molecule has 0 unspecified atom stereocenters. The van der Waals surface area contributed by atoms with Gasteiger partial charge in [0.2, 0.25) is 5.88 Å². The highest BCUT2D eigenvalue weighted by molar-refractivity contribution is 5.98. The standard InChI is InChI=1S/C16H22N4O3/c1-4-23-14-13(10(2)5-7-17-14)15(21)20-8-6-12-11(9-20)18-16(22)19(12)3/h5,7,11-12H,4,6,8-9H2,1-3H3,(H,18,22)/t11-,12+/m1/s1. The van der Waals surface area contributed by atoms with Crippen molar-refractivity contribution in [2.24, 2.45) is 0 Å². The van der Waals surface area contributed by atoms with E-state index in [0.29, 0.717) is 31.1 Å². The first-order valence-electron chi connectivity index (χ1n) is 7.94. The lowest BCUT2D eigenvalue weighted by atomic mass is 9.99. The van der Waals surface area contributed by atoms with Crippen LogP contribution in [0.1, 0.15) is 29.3 Å². The number of amides is 3. The van der Waals surface area contributed by atoms with Gasteiger partial charge < -0.3 is 19.9 Å². The number of rotatable bonds is 3. The number of aryl methyl sites for hydroxylation is 1. The first kappa shape index (κ1) is 15.6. The maximum atomic E-state index is 12.9. The molecule has 2 aliphatic rings. The molecule has 3 rings (SSSR count). The number of aromatic nitrogens is 1. The second-order valence-electron chi connectivity index (χ2n) is 6.02. The maximum Gasteiger partial charge on any atom is 0.317 e. The molecule has 0 aromatic carbocycles. The third-order valence-corrected chi connectivity index (χ3v) is 4.61. The molecule has 1 aromatic rings. The zero-order valence-electron chi connectivity index (χ0n) is 13.7. The molecule has 2 atom stereocenters. The van der Waals surface area contributed by atoms with Crippen molar-refractivity contribution in [3.63, 3.8) is 0 Å². The van der Waals surface area contributed by atoms with Gasteiger partial charge >= 0.3 is 6.03 Å². The number of ether oxygens (including phenoxy) is 1. The van der Waals surface area contributed by atoms with Crippen LogP contribution in [-0.2, 0) is 0 Å². The van der Waals surface area contributed by atoms with Crippen molar-refractivity contribution in [2.45, 2.75) is 32.4 Å². The molecule has 23 heavy (non-hydrogen) atoms. The predicted octanol–water partition coefficient (Wildman–Crippen LogP) is 1.03. The summed E-state index contributed by atoms with van der Waals surface area (Å²) >= 11 is 0. The van der Waals surface area contributed by atoms with Crippen molar-refractivity contribution in [1.82, 2.24) is 20.1 Å². The third-order valence-electron chi connectivity index (χ3n) is 4.61. The molecule has 0 aliphatic carbocycles. The summed E-state index contributed by atoms with van der Waals surface area (Å²) in [6, 6.07) is 1.89. The fraction of sp³-hybridized carbons (Fsp3) is 0.562. The molecule has 3 amide bonds. The molecule has 124 valence electrons. The van der Waals surface area contributed by atoms with Gasteiger partial charge in [-0.15, -0.1) is 0 Å². The van der Waals surface area contributed by atoms with Gasteiger partial charge in [0.1, 0.15) is 5.56 Å². The zero-order chi connectivity index (χ0) is 16.6. The number of urea groups is 1. The van der Waals surface area contributed by atoms with Crippen molar-refractivity contribution in [2.75, 3.05) is 26.7 Å². The van der Waals surface area contributed by atoms with Gasteiger partial charge in [0.25, 0.3) is 5.91 Å². The molecular weight excluding hydrogens is 296 g/mol. The van der Waals surface area contributed by atoms with Crippen molar-refractivity contribution < 1.29 is 14.3 Å². The fourth-order valence-electron chi connectivity index (χ4n) is 3.34. The Hall–Kier alpha value is -2.31. The highest BCUT2D eigenvalue weighted by Gasteiger charge is 2.42. The zero-order valence-corrected chi connectivity index (χ0v) is 13.7. The van der Waals surface area contributed by atoms with Crippen LogP contribution in [0.2, 0.25) is 0 Å². The Labute approximate surface area is 135 Å². The van der Waals surface area contributed by atoms with E-state index in [1.807, 2.05) is 19.9 Å². The van der Waals surface area contributed by atoms with Gasteiger partial charge in [-0.3, -0.25) is 4.79 Å². The summed E-state index contributed by atoms with van der Waals surface area (Å²) in [5.74, 6) is 0.300. The quantitative estimate of drug-likeness (QED) is 0.903. The van der Waals surface area contributed by atoms with E-state index in [-0.39, 0.29) is 24.0 Å². The Kier molecular flexibility index (Phi) is 4.11. The Morgan fingerprint density at radius 1 is 1.52 bits per heavy atom. The second kappa shape index (κ2) is 6.06. The predicted molar refractivity (Wildman–Crippen MR) is 84.5 cm³/mol. The second-order valence-corrected chi connectivity index (χ2v) is 6.02. The Bertz CT molecular complexity index is 634. The minimum absolute atomic E-state index is 0.0160. The average Bonchev–Trinajstić information content (AvgIpc) is 2.81. The van der Waals surface area contributed by atoms with E-state index in [1.165, 1.54) is 0 Å². The first-order chi connectivity index (χ1) is 11.0. The molecule has 0 bridgehead atoms. The van der Waals surface area contributed by atoms with Gasteiger partial charge in [0.05, 0.1) is 18.7 Å². The molecular formula is C16H22N4O3. The van der Waals surface area contributed by atoms with E-state index in [4.69, 9.17) is 4.74 Å². The van der Waals surface area contributed by atoms with Crippen LogP contribution in [-0.4, -0.2) is 65.5 Å². The van der Waals surface area contributed by atoms with Gasteiger partial charge in [0.15, 0.2) is 0 Å². The molecule has 0 spiro atoms. The van der Waals surface area contributed by atoms with Gasteiger partial charge in [-0.1, -0.05) is 0 Å². The molecule has 7 nitrogen and oxygen atoms in total. The topological polar surface area (TPSA) is 74.8 Å². The number of hydrogen-bond acceptors (Lipinski definition) is 4. The summed E-state index contributed by atoms with van der Waals surface area (Å²) in [5, 5.41) is 2.94. The third kappa shape index (κ3) is 2.71. The molecule has 2 aliphatic heterocycles. The number of fused-ring (bicyclic) bond motifs is 1. The first-order valence-corrected chi connectivity index (χ1v) is 7.94. The van der Waals surface area contributed by atoms with E-state index >= 15 is 0 Å². The number of hydrogen-bond donors (Lipinski definition) is 1. The summed E-state index contributed by atoms with van der Waals surface area (Å²) in [6.07, 6.45) is 2.42. The summed E-state index contributed by atoms with van der Waals surface area (Å²) in [7, 11) is 1.80. The number of carbonyl (C=O) groups excluding carboxylic acids is 2. The lowest BCUT2D eigenvalue weighted by Gasteiger charge is -2.36. The number of nitrogens with one attached hydrogen (secondary N) is 1. The van der Waals surface area contributed by atoms with Crippen molar-refractivity contribution in [3.8, 4) is 5.88 Å². The number of nitrogens with zero attached hydrogens (tertiary/aromatic N) is 3. The molecule has 0 saturated carbocycles. The number of piperidine rings is 1. The van der Waals surface area contributed by atoms with Crippen LogP contribution in [0.3, 0.4) is 0 Å². The number of likely N-dealkylation sites (tertiary alicyclic amines) is 1. The van der Waals surface area contributed by atoms with Crippen molar-refractivity contribution in [1.29, 1.82) is 0 Å². The SMILES string of the molecule is CCOc1nccc(C)c1C(=O)N1CC[C@H]2[C@@H](C1)NC(=O)N2C. The highest BCUT2D eigenvalue weighted by Crippen LogP contribution is 2.26. The Balaban J connectivity index is 1.81. The number of likely N-dealkylation sites (N-methyl/N-ethyl adjacent to an activating group) is 1. The number of carbonyl (C=O) groups is 2. The summed E-state index contributed by atoms with van der Waals surface area (Å²) in [6.45, 7) is 5.35. The smallest absolute Gasteiger partial charge is 0.317 e. The van der Waals surface area contributed by atoms with E-state index < -0.39 is 0 Å². The summed E-state index contributed by atoms with van der Waals surface area (Å²) < 4.78 is 5.51. The van der Waals surface area contributed by atoms with E-state index in [1.54, 1.807) is 23.0 Å². The molecule has 2 fully saturated rings. The lowest BCUT2D eigenvalue weighted by molar-refractivity contribution is 0.0660. The Morgan fingerprint density at radius 2 is 2.30 bits per heavy atom. The van der Waals surface area contributed by atoms with E-state index in [9.17, 15) is 9.59 Å². The highest BCUT2D eigenvalue weighted by atomic mass is 16.5. The summed E-state index contributed by atoms with van der Waals surface area (Å²) in [4.78, 5) is 32.4. The average molecular weight is 318 g/mol. The van der Waals surface area contributed by atoms with Crippen LogP contribution in [0.4, 0.5) is 4.79 Å². The lowest BCUT2D eigenvalue weighted by Crippen LogP contribution is -2.52. The largest absolute Gasteiger partial charge is 0.477 e. The van der Waals surface area contributed by atoms with Crippen LogP contribution >= 0.6 is 0 Å². The van der Waals surface area contributed by atoms with Crippen LogP contribution in [0.25, 0.3) is 0 Å². The molecule has 2 saturated heterocycles. The minimum Gasteiger partial charge on any atom is -0.477 e. The van der Waals surface area contributed by atoms with Crippen molar-refractivity contribution in [3.05, 3.63) is 23.4 Å². The van der Waals surface area contributed by atoms with Crippen LogP contribution in [0, 0.1) is 6.92 Å². The molecule has 1 N–H and O–H groups in total. The fourth-order valence-corrected chi connectivity index (χ4v) is 3.34. The van der Waals surface area contributed by atoms with Crippen molar-refractivity contribution >= 4 is 11.9 Å². The molecule has 3 heterocycles. The van der Waals surface area contributed by atoms with Gasteiger partial charge in [-0.25, -0.2) is 9.78 Å². The minimum atomic E-state index is -0.0821. The normalized spacial score (nSPS) is 23.5. The van der Waals surface area contributed by atoms with Gasteiger partial charge in [0, 0.05) is 26.3 Å². The molecule has 7 heteroatoms. The van der Waals surface area contributed by atoms with Crippen LogP contribution in [0.15, 0.2) is 12.3 Å². The monoisotopic (exact) mass is 318 g/mol. The van der Waals surface area contributed by atoms with Gasteiger partial charge in [-0.05, 0) is 31.9 Å². The van der Waals surface area contributed by atoms with Crippen LogP contribution in [0.5, 0.6) is 5.88 Å². The summed E-state index contributed by atoms with van der Waals surface area (Å²) in [5.41, 5.74) is 1.37. The molecule has 0 radical (unpaired) electrons. The number of pyridine rings is 1. The maximum absolute atomic E-state index is 12.9. The Morgan fingerprint density at radius 3 is 3.04 bits per heavy atom. The molecule has 1 aromatic heterocycles. The van der Waals surface area contributed by atoms with E-state index in [2.05, 4.69) is 10.3 Å². The van der Waals surface area contributed by atoms with E-state index in [0.717, 1.165) is 12.0 Å².